The molecule has 2 N–H and O–H groups in total. The summed E-state index contributed by atoms with van der Waals surface area (Å²) >= 11 is 0. The summed E-state index contributed by atoms with van der Waals surface area (Å²) in [6.07, 6.45) is 6.87. The number of hydrogen-bond donors (Lipinski definition) is 2. The van der Waals surface area contributed by atoms with Gasteiger partial charge in [0, 0.05) is 28.9 Å². The second kappa shape index (κ2) is 9.21. The van der Waals surface area contributed by atoms with Crippen molar-refractivity contribution < 1.29 is 14.3 Å². The minimum atomic E-state index is -0.257. The Bertz CT molecular complexity index is 796. The molecule has 0 unspecified atom stereocenters. The van der Waals surface area contributed by atoms with E-state index in [9.17, 15) is 9.59 Å². The second-order valence-electron chi connectivity index (χ2n) is 6.93. The molecule has 0 atom stereocenters. The van der Waals surface area contributed by atoms with Gasteiger partial charge in [0.25, 0.3) is 11.8 Å². The molecule has 5 heteroatoms. The first-order valence-corrected chi connectivity index (χ1v) is 9.52. The standard InChI is InChI=1S/C22H26N2O3/c1-27-20-13-7-12-19(15-20)24-22(26)17-9-6-8-16(14-17)21(25)23-18-10-4-2-3-5-11-18/h6-9,12-15,18H,2-5,10-11H2,1H3,(H,23,25)(H,24,26). The predicted molar refractivity (Wildman–Crippen MR) is 106 cm³/mol. The molecule has 1 fully saturated rings. The molecule has 3 rings (SSSR count). The van der Waals surface area contributed by atoms with Crippen molar-refractivity contribution >= 4 is 17.5 Å². The molecule has 2 amide bonds. The molecule has 5 nitrogen and oxygen atoms in total. The van der Waals surface area contributed by atoms with Gasteiger partial charge in [0.15, 0.2) is 0 Å². The summed E-state index contributed by atoms with van der Waals surface area (Å²) in [6, 6.07) is 14.2. The molecule has 0 aliphatic heterocycles. The van der Waals surface area contributed by atoms with Gasteiger partial charge in [-0.05, 0) is 43.2 Å². The van der Waals surface area contributed by atoms with Crippen LogP contribution in [0.15, 0.2) is 48.5 Å². The molecular weight excluding hydrogens is 340 g/mol. The van der Waals surface area contributed by atoms with Crippen molar-refractivity contribution in [1.82, 2.24) is 5.32 Å². The summed E-state index contributed by atoms with van der Waals surface area (Å²) in [5.41, 5.74) is 1.61. The third-order valence-corrected chi connectivity index (χ3v) is 4.90. The Balaban J connectivity index is 1.66. The zero-order valence-corrected chi connectivity index (χ0v) is 15.7. The first kappa shape index (κ1) is 19.0. The van der Waals surface area contributed by atoms with Crippen molar-refractivity contribution in [2.75, 3.05) is 12.4 Å². The second-order valence-corrected chi connectivity index (χ2v) is 6.93. The van der Waals surface area contributed by atoms with E-state index < -0.39 is 0 Å². The van der Waals surface area contributed by atoms with Gasteiger partial charge in [0.05, 0.1) is 7.11 Å². The third kappa shape index (κ3) is 5.33. The van der Waals surface area contributed by atoms with Gasteiger partial charge < -0.3 is 15.4 Å². The van der Waals surface area contributed by atoms with Crippen LogP contribution in [-0.4, -0.2) is 25.0 Å². The fourth-order valence-corrected chi connectivity index (χ4v) is 3.40. The Labute approximate surface area is 160 Å². The van der Waals surface area contributed by atoms with Crippen molar-refractivity contribution in [3.8, 4) is 5.75 Å². The van der Waals surface area contributed by atoms with Crippen LogP contribution >= 0.6 is 0 Å². The number of benzene rings is 2. The van der Waals surface area contributed by atoms with Crippen molar-refractivity contribution in [3.63, 3.8) is 0 Å². The summed E-state index contributed by atoms with van der Waals surface area (Å²) < 4.78 is 5.17. The van der Waals surface area contributed by atoms with E-state index >= 15 is 0 Å². The van der Waals surface area contributed by atoms with Crippen LogP contribution in [0.5, 0.6) is 5.75 Å². The largest absolute Gasteiger partial charge is 0.497 e. The highest BCUT2D eigenvalue weighted by Crippen LogP contribution is 2.19. The summed E-state index contributed by atoms with van der Waals surface area (Å²) in [4.78, 5) is 25.1. The normalized spacial score (nSPS) is 14.9. The first-order chi connectivity index (χ1) is 13.2. The Morgan fingerprint density at radius 2 is 1.56 bits per heavy atom. The lowest BCUT2D eigenvalue weighted by Crippen LogP contribution is -2.34. The molecule has 0 aromatic heterocycles. The van der Waals surface area contributed by atoms with Gasteiger partial charge in [-0.3, -0.25) is 9.59 Å². The van der Waals surface area contributed by atoms with E-state index in [-0.39, 0.29) is 17.9 Å². The van der Waals surface area contributed by atoms with Gasteiger partial charge in [-0.2, -0.15) is 0 Å². The lowest BCUT2D eigenvalue weighted by Gasteiger charge is -2.16. The van der Waals surface area contributed by atoms with E-state index in [2.05, 4.69) is 10.6 Å². The fraction of sp³-hybridized carbons (Fsp3) is 0.364. The molecule has 0 saturated heterocycles. The highest BCUT2D eigenvalue weighted by Gasteiger charge is 2.17. The topological polar surface area (TPSA) is 67.4 Å². The molecule has 2 aromatic rings. The SMILES string of the molecule is COc1cccc(NC(=O)c2cccc(C(=O)NC3CCCCCC3)c2)c1. The minimum absolute atomic E-state index is 0.113. The van der Waals surface area contributed by atoms with Crippen LogP contribution in [0, 0.1) is 0 Å². The van der Waals surface area contributed by atoms with Crippen LogP contribution in [0.25, 0.3) is 0 Å². The zero-order chi connectivity index (χ0) is 19.1. The fourth-order valence-electron chi connectivity index (χ4n) is 3.40. The molecule has 27 heavy (non-hydrogen) atoms. The van der Waals surface area contributed by atoms with E-state index in [1.54, 1.807) is 43.5 Å². The van der Waals surface area contributed by atoms with Crippen LogP contribution in [-0.2, 0) is 0 Å². The Kier molecular flexibility index (Phi) is 6.47. The lowest BCUT2D eigenvalue weighted by atomic mass is 10.1. The van der Waals surface area contributed by atoms with Crippen molar-refractivity contribution in [1.29, 1.82) is 0 Å². The zero-order valence-electron chi connectivity index (χ0n) is 15.7. The molecular formula is C22H26N2O3. The van der Waals surface area contributed by atoms with Crippen LogP contribution in [0.3, 0.4) is 0 Å². The molecule has 1 saturated carbocycles. The highest BCUT2D eigenvalue weighted by molar-refractivity contribution is 6.06. The van der Waals surface area contributed by atoms with Gasteiger partial charge in [0.1, 0.15) is 5.75 Å². The van der Waals surface area contributed by atoms with E-state index in [1.807, 2.05) is 12.1 Å². The number of hydrogen-bond acceptors (Lipinski definition) is 3. The summed E-state index contributed by atoms with van der Waals surface area (Å²) in [5.74, 6) is 0.301. The van der Waals surface area contributed by atoms with Gasteiger partial charge in [-0.1, -0.05) is 37.8 Å². The average Bonchev–Trinajstić information content (AvgIpc) is 2.97. The molecule has 0 bridgehead atoms. The van der Waals surface area contributed by atoms with E-state index in [4.69, 9.17) is 4.74 Å². The maximum atomic E-state index is 12.6. The van der Waals surface area contributed by atoms with Crippen LogP contribution in [0.4, 0.5) is 5.69 Å². The quantitative estimate of drug-likeness (QED) is 0.771. The smallest absolute Gasteiger partial charge is 0.255 e. The van der Waals surface area contributed by atoms with Gasteiger partial charge in [0.2, 0.25) is 0 Å². The number of anilines is 1. The van der Waals surface area contributed by atoms with E-state index in [0.717, 1.165) is 25.7 Å². The number of carbonyl (C=O) groups excluding carboxylic acids is 2. The Morgan fingerprint density at radius 1 is 0.889 bits per heavy atom. The maximum absolute atomic E-state index is 12.6. The summed E-state index contributed by atoms with van der Waals surface area (Å²) in [5, 5.41) is 5.96. The minimum Gasteiger partial charge on any atom is -0.497 e. The van der Waals surface area contributed by atoms with E-state index in [0.29, 0.717) is 22.6 Å². The van der Waals surface area contributed by atoms with Crippen LogP contribution in [0.2, 0.25) is 0 Å². The molecule has 0 spiro atoms. The number of amides is 2. The Morgan fingerprint density at radius 3 is 2.26 bits per heavy atom. The Hall–Kier alpha value is -2.82. The molecule has 1 aliphatic carbocycles. The summed E-state index contributed by atoms with van der Waals surface area (Å²) in [6.45, 7) is 0. The van der Waals surface area contributed by atoms with Crippen molar-refractivity contribution in [3.05, 3.63) is 59.7 Å². The molecule has 0 radical (unpaired) electrons. The molecule has 1 aliphatic rings. The van der Waals surface area contributed by atoms with Gasteiger partial charge >= 0.3 is 0 Å². The number of methoxy groups -OCH3 is 1. The predicted octanol–water partition coefficient (Wildman–Crippen LogP) is 4.40. The van der Waals surface area contributed by atoms with Gasteiger partial charge in [-0.25, -0.2) is 0 Å². The number of nitrogens with one attached hydrogen (secondary N) is 2. The third-order valence-electron chi connectivity index (χ3n) is 4.90. The molecule has 2 aromatic carbocycles. The average molecular weight is 366 g/mol. The first-order valence-electron chi connectivity index (χ1n) is 9.52. The highest BCUT2D eigenvalue weighted by atomic mass is 16.5. The molecule has 0 heterocycles. The van der Waals surface area contributed by atoms with Crippen molar-refractivity contribution in [2.45, 2.75) is 44.6 Å². The monoisotopic (exact) mass is 366 g/mol. The van der Waals surface area contributed by atoms with Gasteiger partial charge in [-0.15, -0.1) is 0 Å². The number of rotatable bonds is 5. The lowest BCUT2D eigenvalue weighted by molar-refractivity contribution is 0.0933. The molecule has 142 valence electrons. The van der Waals surface area contributed by atoms with Crippen LogP contribution in [0.1, 0.15) is 59.2 Å². The van der Waals surface area contributed by atoms with Crippen molar-refractivity contribution in [2.24, 2.45) is 0 Å². The van der Waals surface area contributed by atoms with Crippen LogP contribution < -0.4 is 15.4 Å². The summed E-state index contributed by atoms with van der Waals surface area (Å²) in [7, 11) is 1.58. The number of carbonyl (C=O) groups is 2. The number of ether oxygens (including phenoxy) is 1. The van der Waals surface area contributed by atoms with E-state index in [1.165, 1.54) is 12.8 Å². The maximum Gasteiger partial charge on any atom is 0.255 e.